The highest BCUT2D eigenvalue weighted by molar-refractivity contribution is 5.33. The Morgan fingerprint density at radius 2 is 2.00 bits per heavy atom. The molecule has 2 N–H and O–H groups in total. The average Bonchev–Trinajstić information content (AvgIpc) is 3.06. The first-order valence-corrected chi connectivity index (χ1v) is 7.67. The first kappa shape index (κ1) is 14.1. The van der Waals surface area contributed by atoms with Crippen LogP contribution in [-0.4, -0.2) is 18.9 Å². The third kappa shape index (κ3) is 2.50. The van der Waals surface area contributed by atoms with Crippen LogP contribution in [-0.2, 0) is 14.9 Å². The predicted molar refractivity (Wildman–Crippen MR) is 79.5 cm³/mol. The van der Waals surface area contributed by atoms with E-state index in [2.05, 4.69) is 24.3 Å². The summed E-state index contributed by atoms with van der Waals surface area (Å²) in [6.45, 7) is 5.31. The van der Waals surface area contributed by atoms with Gasteiger partial charge in [-0.1, -0.05) is 37.1 Å². The lowest BCUT2D eigenvalue weighted by atomic mass is 9.78. The Labute approximate surface area is 121 Å². The molecule has 20 heavy (non-hydrogen) atoms. The molecule has 3 nitrogen and oxygen atoms in total. The molecule has 2 fully saturated rings. The van der Waals surface area contributed by atoms with Crippen molar-refractivity contribution in [3.05, 3.63) is 35.4 Å². The zero-order chi connectivity index (χ0) is 14.2. The standard InChI is InChI=1S/C17H25NO2/c1-16(2)19-11-15(20-16)13-6-5-7-14(10-13)17(12-18)8-3-4-9-17/h5-7,10,15H,3-4,8-9,11-12,18H2,1-2H3. The molecule has 1 saturated carbocycles. The Bertz CT molecular complexity index is 478. The van der Waals surface area contributed by atoms with Gasteiger partial charge >= 0.3 is 0 Å². The lowest BCUT2D eigenvalue weighted by Crippen LogP contribution is -2.32. The first-order valence-electron chi connectivity index (χ1n) is 7.67. The van der Waals surface area contributed by atoms with E-state index in [-0.39, 0.29) is 11.5 Å². The van der Waals surface area contributed by atoms with Crippen molar-refractivity contribution in [2.75, 3.05) is 13.2 Å². The maximum Gasteiger partial charge on any atom is 0.163 e. The van der Waals surface area contributed by atoms with Crippen molar-refractivity contribution in [2.45, 2.75) is 56.8 Å². The molecule has 1 heterocycles. The van der Waals surface area contributed by atoms with Crippen molar-refractivity contribution in [3.63, 3.8) is 0 Å². The van der Waals surface area contributed by atoms with E-state index in [1.807, 2.05) is 13.8 Å². The van der Waals surface area contributed by atoms with Gasteiger partial charge in [-0.05, 0) is 37.8 Å². The van der Waals surface area contributed by atoms with Crippen LogP contribution in [0.15, 0.2) is 24.3 Å². The van der Waals surface area contributed by atoms with Gasteiger partial charge in [0.05, 0.1) is 6.61 Å². The maximum atomic E-state index is 6.09. The van der Waals surface area contributed by atoms with E-state index in [9.17, 15) is 0 Å². The fraction of sp³-hybridized carbons (Fsp3) is 0.647. The second kappa shape index (κ2) is 5.14. The number of nitrogens with two attached hydrogens (primary N) is 1. The van der Waals surface area contributed by atoms with Gasteiger partial charge in [0.15, 0.2) is 5.79 Å². The van der Waals surface area contributed by atoms with Gasteiger partial charge < -0.3 is 15.2 Å². The summed E-state index contributed by atoms with van der Waals surface area (Å²) in [5, 5.41) is 0. The monoisotopic (exact) mass is 275 g/mol. The fourth-order valence-electron chi connectivity index (χ4n) is 3.58. The van der Waals surface area contributed by atoms with Crippen molar-refractivity contribution in [2.24, 2.45) is 5.73 Å². The summed E-state index contributed by atoms with van der Waals surface area (Å²) >= 11 is 0. The third-order valence-corrected chi connectivity index (χ3v) is 4.83. The van der Waals surface area contributed by atoms with Crippen LogP contribution in [0.1, 0.15) is 56.8 Å². The van der Waals surface area contributed by atoms with Gasteiger partial charge in [-0.25, -0.2) is 0 Å². The number of hydrogen-bond acceptors (Lipinski definition) is 3. The molecule has 0 spiro atoms. The molecule has 1 atom stereocenters. The summed E-state index contributed by atoms with van der Waals surface area (Å²) < 4.78 is 11.6. The molecule has 1 saturated heterocycles. The zero-order valence-electron chi connectivity index (χ0n) is 12.5. The van der Waals surface area contributed by atoms with Crippen LogP contribution in [0.2, 0.25) is 0 Å². The highest BCUT2D eigenvalue weighted by Crippen LogP contribution is 2.41. The van der Waals surface area contributed by atoms with Crippen molar-refractivity contribution in [1.82, 2.24) is 0 Å². The van der Waals surface area contributed by atoms with E-state index in [1.54, 1.807) is 0 Å². The van der Waals surface area contributed by atoms with Crippen LogP contribution < -0.4 is 5.73 Å². The molecule has 3 heteroatoms. The van der Waals surface area contributed by atoms with Gasteiger partial charge in [-0.15, -0.1) is 0 Å². The minimum atomic E-state index is -0.473. The van der Waals surface area contributed by atoms with Crippen molar-refractivity contribution in [3.8, 4) is 0 Å². The van der Waals surface area contributed by atoms with Gasteiger partial charge in [0.2, 0.25) is 0 Å². The first-order chi connectivity index (χ1) is 9.55. The SMILES string of the molecule is CC1(C)OCC(c2cccc(C3(CN)CCCC3)c2)O1. The van der Waals surface area contributed by atoms with Gasteiger partial charge in [-0.2, -0.15) is 0 Å². The molecule has 3 rings (SSSR count). The highest BCUT2D eigenvalue weighted by atomic mass is 16.7. The van der Waals surface area contributed by atoms with E-state index in [0.29, 0.717) is 6.61 Å². The summed E-state index contributed by atoms with van der Waals surface area (Å²) in [6.07, 6.45) is 5.04. The maximum absolute atomic E-state index is 6.09. The van der Waals surface area contributed by atoms with Crippen LogP contribution in [0.25, 0.3) is 0 Å². The Morgan fingerprint density at radius 1 is 1.25 bits per heavy atom. The fourth-order valence-corrected chi connectivity index (χ4v) is 3.58. The quantitative estimate of drug-likeness (QED) is 0.920. The Balaban J connectivity index is 1.86. The lowest BCUT2D eigenvalue weighted by Gasteiger charge is -2.28. The lowest BCUT2D eigenvalue weighted by molar-refractivity contribution is -0.139. The number of ether oxygens (including phenoxy) is 2. The molecule has 1 aliphatic carbocycles. The normalized spacial score (nSPS) is 27.9. The van der Waals surface area contributed by atoms with E-state index in [0.717, 1.165) is 6.54 Å². The zero-order valence-corrected chi connectivity index (χ0v) is 12.5. The summed E-state index contributed by atoms with van der Waals surface area (Å²) in [6, 6.07) is 8.78. The Hall–Kier alpha value is -0.900. The van der Waals surface area contributed by atoms with Crippen LogP contribution in [0, 0.1) is 0 Å². The second-order valence-corrected chi connectivity index (χ2v) is 6.63. The second-order valence-electron chi connectivity index (χ2n) is 6.63. The molecule has 1 aliphatic heterocycles. The molecule has 0 radical (unpaired) electrons. The Kier molecular flexibility index (Phi) is 3.61. The van der Waals surface area contributed by atoms with Crippen LogP contribution in [0.3, 0.4) is 0 Å². The molecule has 2 aliphatic rings. The molecule has 1 aromatic carbocycles. The summed E-state index contributed by atoms with van der Waals surface area (Å²) in [4.78, 5) is 0. The Morgan fingerprint density at radius 3 is 2.60 bits per heavy atom. The molecule has 1 unspecified atom stereocenters. The molecule has 0 bridgehead atoms. The van der Waals surface area contributed by atoms with Gasteiger partial charge in [-0.3, -0.25) is 0 Å². The van der Waals surface area contributed by atoms with E-state index >= 15 is 0 Å². The van der Waals surface area contributed by atoms with Gasteiger partial charge in [0.1, 0.15) is 6.10 Å². The molecule has 0 aromatic heterocycles. The van der Waals surface area contributed by atoms with Gasteiger partial charge in [0, 0.05) is 12.0 Å². The number of benzene rings is 1. The van der Waals surface area contributed by atoms with Crippen LogP contribution in [0.5, 0.6) is 0 Å². The highest BCUT2D eigenvalue weighted by Gasteiger charge is 2.36. The van der Waals surface area contributed by atoms with Crippen molar-refractivity contribution >= 4 is 0 Å². The van der Waals surface area contributed by atoms with Crippen molar-refractivity contribution in [1.29, 1.82) is 0 Å². The molecular weight excluding hydrogens is 250 g/mol. The number of hydrogen-bond donors (Lipinski definition) is 1. The van der Waals surface area contributed by atoms with E-state index in [1.165, 1.54) is 36.8 Å². The minimum absolute atomic E-state index is 0.0428. The van der Waals surface area contributed by atoms with Gasteiger partial charge in [0.25, 0.3) is 0 Å². The third-order valence-electron chi connectivity index (χ3n) is 4.83. The topological polar surface area (TPSA) is 44.5 Å². The summed E-state index contributed by atoms with van der Waals surface area (Å²) in [5.74, 6) is -0.473. The molecule has 1 aromatic rings. The molecular formula is C17H25NO2. The largest absolute Gasteiger partial charge is 0.347 e. The summed E-state index contributed by atoms with van der Waals surface area (Å²) in [5.41, 5.74) is 8.87. The molecule has 110 valence electrons. The van der Waals surface area contributed by atoms with Crippen molar-refractivity contribution < 1.29 is 9.47 Å². The minimum Gasteiger partial charge on any atom is -0.347 e. The molecule has 0 amide bonds. The van der Waals surface area contributed by atoms with E-state index in [4.69, 9.17) is 15.2 Å². The predicted octanol–water partition coefficient (Wildman–Crippen LogP) is 3.28. The van der Waals surface area contributed by atoms with E-state index < -0.39 is 5.79 Å². The van der Waals surface area contributed by atoms with Crippen LogP contribution >= 0.6 is 0 Å². The van der Waals surface area contributed by atoms with Crippen LogP contribution in [0.4, 0.5) is 0 Å². The smallest absolute Gasteiger partial charge is 0.163 e. The average molecular weight is 275 g/mol. The summed E-state index contributed by atoms with van der Waals surface area (Å²) in [7, 11) is 0. The number of rotatable bonds is 3.